The predicted octanol–water partition coefficient (Wildman–Crippen LogP) is 3.34. The predicted molar refractivity (Wildman–Crippen MR) is 77.2 cm³/mol. The molecule has 20 heavy (non-hydrogen) atoms. The summed E-state index contributed by atoms with van der Waals surface area (Å²) < 4.78 is 5.39. The first-order chi connectivity index (χ1) is 9.76. The van der Waals surface area contributed by atoms with E-state index >= 15 is 0 Å². The van der Waals surface area contributed by atoms with E-state index in [-0.39, 0.29) is 11.5 Å². The molecule has 4 heteroatoms. The van der Waals surface area contributed by atoms with Crippen LogP contribution in [-0.2, 0) is 5.41 Å². The zero-order valence-electron chi connectivity index (χ0n) is 11.9. The van der Waals surface area contributed by atoms with Crippen LogP contribution in [-0.4, -0.2) is 10.1 Å². The Morgan fingerprint density at radius 2 is 1.95 bits per heavy atom. The molecule has 0 radical (unpaired) electrons. The summed E-state index contributed by atoms with van der Waals surface area (Å²) in [6, 6.07) is 10.4. The fraction of sp³-hybridized carbons (Fsp3) is 0.500. The third kappa shape index (κ3) is 2.14. The molecule has 0 saturated heterocycles. The van der Waals surface area contributed by atoms with Crippen molar-refractivity contribution in [2.45, 2.75) is 50.5 Å². The lowest BCUT2D eigenvalue weighted by Gasteiger charge is -2.25. The molecule has 0 spiro atoms. The van der Waals surface area contributed by atoms with Crippen molar-refractivity contribution in [1.82, 2.24) is 10.1 Å². The highest BCUT2D eigenvalue weighted by atomic mass is 16.5. The highest BCUT2D eigenvalue weighted by molar-refractivity contribution is 5.33. The maximum Gasteiger partial charge on any atom is 0.243 e. The largest absolute Gasteiger partial charge is 0.338 e. The summed E-state index contributed by atoms with van der Waals surface area (Å²) in [5, 5.41) is 4.25. The van der Waals surface area contributed by atoms with E-state index in [0.29, 0.717) is 5.89 Å². The first kappa shape index (κ1) is 13.3. The number of hydrogen-bond donors (Lipinski definition) is 1. The Kier molecular flexibility index (Phi) is 3.57. The van der Waals surface area contributed by atoms with Crippen LogP contribution in [0.1, 0.15) is 62.3 Å². The minimum atomic E-state index is -0.162. The van der Waals surface area contributed by atoms with Crippen molar-refractivity contribution in [1.29, 1.82) is 0 Å². The van der Waals surface area contributed by atoms with Gasteiger partial charge in [-0.05, 0) is 24.8 Å². The van der Waals surface area contributed by atoms with Gasteiger partial charge in [0, 0.05) is 0 Å². The van der Waals surface area contributed by atoms with Crippen molar-refractivity contribution in [3.8, 4) is 0 Å². The molecule has 0 unspecified atom stereocenters. The van der Waals surface area contributed by atoms with Crippen LogP contribution in [0.5, 0.6) is 0 Å². The van der Waals surface area contributed by atoms with E-state index in [1.54, 1.807) is 0 Å². The van der Waals surface area contributed by atoms with E-state index in [2.05, 4.69) is 34.4 Å². The van der Waals surface area contributed by atoms with Gasteiger partial charge in [-0.15, -0.1) is 0 Å². The Balaban J connectivity index is 2.01. The molecule has 1 heterocycles. The van der Waals surface area contributed by atoms with E-state index in [1.165, 1.54) is 18.4 Å². The van der Waals surface area contributed by atoms with Crippen LogP contribution in [0.2, 0.25) is 0 Å². The quantitative estimate of drug-likeness (QED) is 0.926. The lowest BCUT2D eigenvalue weighted by atomic mass is 9.78. The van der Waals surface area contributed by atoms with Gasteiger partial charge in [0.15, 0.2) is 5.82 Å². The number of aromatic nitrogens is 2. The molecule has 1 saturated carbocycles. The van der Waals surface area contributed by atoms with Crippen LogP contribution in [0.4, 0.5) is 0 Å². The number of hydrogen-bond acceptors (Lipinski definition) is 4. The van der Waals surface area contributed by atoms with Gasteiger partial charge in [-0.3, -0.25) is 0 Å². The second kappa shape index (κ2) is 5.37. The maximum atomic E-state index is 5.99. The van der Waals surface area contributed by atoms with Crippen molar-refractivity contribution in [3.05, 3.63) is 47.6 Å². The maximum absolute atomic E-state index is 5.99. The van der Waals surface area contributed by atoms with E-state index < -0.39 is 0 Å². The van der Waals surface area contributed by atoms with Crippen LogP contribution in [0.25, 0.3) is 0 Å². The van der Waals surface area contributed by atoms with Crippen molar-refractivity contribution in [2.24, 2.45) is 5.73 Å². The van der Waals surface area contributed by atoms with Gasteiger partial charge in [-0.2, -0.15) is 4.98 Å². The third-order valence-electron chi connectivity index (χ3n) is 4.41. The number of nitrogens with two attached hydrogens (primary N) is 1. The average molecular weight is 271 g/mol. The second-order valence-corrected chi connectivity index (χ2v) is 5.63. The highest BCUT2D eigenvalue weighted by Crippen LogP contribution is 2.45. The molecular formula is C16H21N3O. The summed E-state index contributed by atoms with van der Waals surface area (Å²) in [5.41, 5.74) is 7.19. The summed E-state index contributed by atoms with van der Waals surface area (Å²) in [5.74, 6) is 1.37. The molecule has 4 nitrogen and oxygen atoms in total. The minimum absolute atomic E-state index is 0.0868. The van der Waals surface area contributed by atoms with E-state index in [4.69, 9.17) is 10.3 Å². The van der Waals surface area contributed by atoms with Crippen molar-refractivity contribution >= 4 is 0 Å². The number of rotatable bonds is 4. The third-order valence-corrected chi connectivity index (χ3v) is 4.41. The van der Waals surface area contributed by atoms with Gasteiger partial charge in [-0.1, -0.05) is 55.3 Å². The summed E-state index contributed by atoms with van der Waals surface area (Å²) in [6.45, 7) is 2.02. The Morgan fingerprint density at radius 3 is 2.60 bits per heavy atom. The molecule has 106 valence electrons. The van der Waals surface area contributed by atoms with Crippen LogP contribution in [0, 0.1) is 0 Å². The van der Waals surface area contributed by atoms with Gasteiger partial charge >= 0.3 is 0 Å². The van der Waals surface area contributed by atoms with Crippen LogP contribution < -0.4 is 5.73 Å². The summed E-state index contributed by atoms with van der Waals surface area (Å²) in [7, 11) is 0. The molecule has 2 aromatic rings. The topological polar surface area (TPSA) is 64.9 Å². The second-order valence-electron chi connectivity index (χ2n) is 5.63. The molecule has 1 aromatic heterocycles. The molecule has 2 N–H and O–H groups in total. The van der Waals surface area contributed by atoms with E-state index in [9.17, 15) is 0 Å². The minimum Gasteiger partial charge on any atom is -0.338 e. The van der Waals surface area contributed by atoms with Crippen molar-refractivity contribution in [3.63, 3.8) is 0 Å². The SMILES string of the molecule is CC[C@H](N)c1nc(C2(c3ccccc3)CCCC2)no1. The lowest BCUT2D eigenvalue weighted by Crippen LogP contribution is -2.25. The van der Waals surface area contributed by atoms with Gasteiger partial charge < -0.3 is 10.3 Å². The van der Waals surface area contributed by atoms with E-state index in [1.807, 2.05) is 13.0 Å². The smallest absolute Gasteiger partial charge is 0.243 e. The molecule has 0 bridgehead atoms. The molecule has 1 atom stereocenters. The number of nitrogens with zero attached hydrogens (tertiary/aromatic N) is 2. The Bertz CT molecular complexity index is 558. The highest BCUT2D eigenvalue weighted by Gasteiger charge is 2.41. The Morgan fingerprint density at radius 1 is 1.25 bits per heavy atom. The molecular weight excluding hydrogens is 250 g/mol. The number of benzene rings is 1. The summed E-state index contributed by atoms with van der Waals surface area (Å²) in [6.07, 6.45) is 5.38. The monoisotopic (exact) mass is 271 g/mol. The molecule has 0 amide bonds. The molecule has 1 aromatic carbocycles. The van der Waals surface area contributed by atoms with Crippen LogP contribution in [0.3, 0.4) is 0 Å². The van der Waals surface area contributed by atoms with Gasteiger partial charge in [0.2, 0.25) is 5.89 Å². The first-order valence-corrected chi connectivity index (χ1v) is 7.41. The molecule has 1 fully saturated rings. The van der Waals surface area contributed by atoms with Gasteiger partial charge in [0.1, 0.15) is 0 Å². The van der Waals surface area contributed by atoms with Crippen molar-refractivity contribution in [2.75, 3.05) is 0 Å². The fourth-order valence-electron chi connectivity index (χ4n) is 3.13. The summed E-state index contributed by atoms with van der Waals surface area (Å²) >= 11 is 0. The van der Waals surface area contributed by atoms with E-state index in [0.717, 1.165) is 25.1 Å². The van der Waals surface area contributed by atoms with Gasteiger partial charge in [0.25, 0.3) is 0 Å². The lowest BCUT2D eigenvalue weighted by molar-refractivity contribution is 0.339. The van der Waals surface area contributed by atoms with Gasteiger partial charge in [0.05, 0.1) is 11.5 Å². The van der Waals surface area contributed by atoms with Crippen LogP contribution >= 0.6 is 0 Å². The molecule has 1 aliphatic carbocycles. The van der Waals surface area contributed by atoms with Crippen LogP contribution in [0.15, 0.2) is 34.9 Å². The average Bonchev–Trinajstić information content (AvgIpc) is 3.17. The zero-order valence-corrected chi connectivity index (χ0v) is 11.9. The molecule has 3 rings (SSSR count). The zero-order chi connectivity index (χ0) is 14.0. The van der Waals surface area contributed by atoms with Gasteiger partial charge in [-0.25, -0.2) is 0 Å². The van der Waals surface area contributed by atoms with Crippen molar-refractivity contribution < 1.29 is 4.52 Å². The molecule has 1 aliphatic rings. The Hall–Kier alpha value is -1.68. The first-order valence-electron chi connectivity index (χ1n) is 7.41. The normalized spacial score (nSPS) is 19.1. The molecule has 0 aliphatic heterocycles. The Labute approximate surface area is 119 Å². The summed E-state index contributed by atoms with van der Waals surface area (Å²) in [4.78, 5) is 4.61. The fourth-order valence-corrected chi connectivity index (χ4v) is 3.13. The standard InChI is InChI=1S/C16H21N3O/c1-2-13(17)14-18-15(19-20-14)16(10-6-7-11-16)12-8-4-3-5-9-12/h3-5,8-9,13H,2,6-7,10-11,17H2,1H3/t13-/m0/s1.